The first kappa shape index (κ1) is 13.2. The topological polar surface area (TPSA) is 29.3 Å². The molecule has 2 nitrogen and oxygen atoms in total. The predicted octanol–water partition coefficient (Wildman–Crippen LogP) is 3.03. The standard InChI is InChI=1S/C12H15BrN2S2/c13-11-8-9(2-3-10(11)12(14)16)15-4-1-6-17-7-5-15/h2-3,8H,1,4-7H2,(H2,14,16). The quantitative estimate of drug-likeness (QED) is 0.844. The molecule has 2 rings (SSSR count). The van der Waals surface area contributed by atoms with E-state index >= 15 is 0 Å². The Morgan fingerprint density at radius 3 is 2.88 bits per heavy atom. The summed E-state index contributed by atoms with van der Waals surface area (Å²) in [6.45, 7) is 2.25. The van der Waals surface area contributed by atoms with Crippen LogP contribution in [-0.2, 0) is 0 Å². The Morgan fingerprint density at radius 1 is 1.35 bits per heavy atom. The van der Waals surface area contributed by atoms with Crippen molar-refractivity contribution in [3.8, 4) is 0 Å². The van der Waals surface area contributed by atoms with E-state index in [0.29, 0.717) is 4.99 Å². The highest BCUT2D eigenvalue weighted by atomic mass is 79.9. The summed E-state index contributed by atoms with van der Waals surface area (Å²) >= 11 is 10.6. The zero-order chi connectivity index (χ0) is 12.3. The van der Waals surface area contributed by atoms with Crippen LogP contribution in [0.4, 0.5) is 5.69 Å². The lowest BCUT2D eigenvalue weighted by Crippen LogP contribution is -2.25. The van der Waals surface area contributed by atoms with Crippen LogP contribution < -0.4 is 10.6 Å². The monoisotopic (exact) mass is 330 g/mol. The Labute approximate surface area is 120 Å². The molecular weight excluding hydrogens is 316 g/mol. The largest absolute Gasteiger partial charge is 0.389 e. The molecule has 2 N–H and O–H groups in total. The molecule has 0 spiro atoms. The van der Waals surface area contributed by atoms with Gasteiger partial charge in [-0.3, -0.25) is 0 Å². The van der Waals surface area contributed by atoms with Gasteiger partial charge in [0.2, 0.25) is 0 Å². The molecule has 0 bridgehead atoms. The zero-order valence-corrected chi connectivity index (χ0v) is 12.7. The van der Waals surface area contributed by atoms with Crippen molar-refractivity contribution in [3.63, 3.8) is 0 Å². The highest BCUT2D eigenvalue weighted by Crippen LogP contribution is 2.25. The molecule has 0 amide bonds. The minimum atomic E-state index is 0.440. The van der Waals surface area contributed by atoms with Crippen molar-refractivity contribution >= 4 is 50.6 Å². The molecule has 1 aromatic rings. The lowest BCUT2D eigenvalue weighted by Gasteiger charge is -2.23. The van der Waals surface area contributed by atoms with Gasteiger partial charge in [-0.05, 0) is 46.3 Å². The molecule has 17 heavy (non-hydrogen) atoms. The van der Waals surface area contributed by atoms with Crippen molar-refractivity contribution in [2.24, 2.45) is 5.73 Å². The van der Waals surface area contributed by atoms with E-state index in [1.165, 1.54) is 23.6 Å². The van der Waals surface area contributed by atoms with Crippen LogP contribution >= 0.6 is 39.9 Å². The fourth-order valence-electron chi connectivity index (χ4n) is 1.90. The third-order valence-corrected chi connectivity index (χ3v) is 4.73. The van der Waals surface area contributed by atoms with Gasteiger partial charge in [-0.1, -0.05) is 12.2 Å². The van der Waals surface area contributed by atoms with E-state index in [2.05, 4.69) is 33.0 Å². The van der Waals surface area contributed by atoms with E-state index in [-0.39, 0.29) is 0 Å². The molecule has 92 valence electrons. The van der Waals surface area contributed by atoms with E-state index in [4.69, 9.17) is 18.0 Å². The van der Waals surface area contributed by atoms with E-state index in [1.54, 1.807) is 0 Å². The molecule has 0 aromatic heterocycles. The van der Waals surface area contributed by atoms with Crippen LogP contribution in [0.1, 0.15) is 12.0 Å². The molecular formula is C12H15BrN2S2. The van der Waals surface area contributed by atoms with Gasteiger partial charge in [0.15, 0.2) is 0 Å². The summed E-state index contributed by atoms with van der Waals surface area (Å²) in [5.41, 5.74) is 7.81. The number of hydrogen-bond donors (Lipinski definition) is 1. The molecule has 0 atom stereocenters. The first-order valence-electron chi connectivity index (χ1n) is 5.60. The molecule has 1 aliphatic rings. The van der Waals surface area contributed by atoms with Gasteiger partial charge < -0.3 is 10.6 Å². The summed E-state index contributed by atoms with van der Waals surface area (Å²) < 4.78 is 0.986. The van der Waals surface area contributed by atoms with Gasteiger partial charge in [0.05, 0.1) is 0 Å². The summed E-state index contributed by atoms with van der Waals surface area (Å²) in [6, 6.07) is 6.22. The Bertz CT molecular complexity index is 415. The van der Waals surface area contributed by atoms with Crippen LogP contribution in [0.2, 0.25) is 0 Å². The van der Waals surface area contributed by atoms with E-state index in [1.807, 2.05) is 17.8 Å². The second-order valence-corrected chi connectivity index (χ2v) is 6.50. The summed E-state index contributed by atoms with van der Waals surface area (Å²) in [5.74, 6) is 2.47. The Hall–Kier alpha value is -0.260. The molecule has 1 aromatic carbocycles. The normalized spacial score (nSPS) is 16.6. The zero-order valence-electron chi connectivity index (χ0n) is 9.49. The van der Waals surface area contributed by atoms with Crippen molar-refractivity contribution < 1.29 is 0 Å². The fourth-order valence-corrected chi connectivity index (χ4v) is 3.68. The molecule has 1 aliphatic heterocycles. The summed E-state index contributed by atoms with van der Waals surface area (Å²) in [7, 11) is 0. The predicted molar refractivity (Wildman–Crippen MR) is 84.2 cm³/mol. The number of thiocarbonyl (C=S) groups is 1. The van der Waals surface area contributed by atoms with Gasteiger partial charge in [0.25, 0.3) is 0 Å². The molecule has 0 aliphatic carbocycles. The van der Waals surface area contributed by atoms with Gasteiger partial charge in [0, 0.05) is 34.6 Å². The molecule has 5 heteroatoms. The third kappa shape index (κ3) is 3.36. The van der Waals surface area contributed by atoms with Crippen molar-refractivity contribution in [3.05, 3.63) is 28.2 Å². The maximum absolute atomic E-state index is 5.65. The SMILES string of the molecule is NC(=S)c1ccc(N2CCCSCC2)cc1Br. The smallest absolute Gasteiger partial charge is 0.105 e. The van der Waals surface area contributed by atoms with Gasteiger partial charge in [0.1, 0.15) is 4.99 Å². The van der Waals surface area contributed by atoms with Crippen molar-refractivity contribution in [1.82, 2.24) is 0 Å². The van der Waals surface area contributed by atoms with Crippen LogP contribution in [0.5, 0.6) is 0 Å². The number of halogens is 1. The van der Waals surface area contributed by atoms with Crippen LogP contribution in [0.15, 0.2) is 22.7 Å². The number of rotatable bonds is 2. The van der Waals surface area contributed by atoms with Gasteiger partial charge >= 0.3 is 0 Å². The maximum atomic E-state index is 5.65. The minimum Gasteiger partial charge on any atom is -0.389 e. The maximum Gasteiger partial charge on any atom is 0.105 e. The Balaban J connectivity index is 2.21. The summed E-state index contributed by atoms with van der Waals surface area (Å²) in [5, 5.41) is 0. The average Bonchev–Trinajstić information content (AvgIpc) is 2.56. The van der Waals surface area contributed by atoms with Crippen molar-refractivity contribution in [1.29, 1.82) is 0 Å². The lowest BCUT2D eigenvalue weighted by atomic mass is 10.2. The lowest BCUT2D eigenvalue weighted by molar-refractivity contribution is 0.816. The molecule has 1 saturated heterocycles. The highest BCUT2D eigenvalue weighted by Gasteiger charge is 2.12. The molecule has 0 radical (unpaired) electrons. The van der Waals surface area contributed by atoms with Crippen LogP contribution in [-0.4, -0.2) is 29.6 Å². The van der Waals surface area contributed by atoms with Crippen LogP contribution in [0.3, 0.4) is 0 Å². The summed E-state index contributed by atoms with van der Waals surface area (Å²) in [4.78, 5) is 2.86. The molecule has 0 saturated carbocycles. The van der Waals surface area contributed by atoms with Gasteiger partial charge in [-0.15, -0.1) is 0 Å². The number of nitrogens with zero attached hydrogens (tertiary/aromatic N) is 1. The minimum absolute atomic E-state index is 0.440. The fraction of sp³-hybridized carbons (Fsp3) is 0.417. The van der Waals surface area contributed by atoms with Gasteiger partial charge in [-0.2, -0.15) is 11.8 Å². The second kappa shape index (κ2) is 6.07. The third-order valence-electron chi connectivity index (χ3n) is 2.81. The number of thioether (sulfide) groups is 1. The molecule has 1 fully saturated rings. The summed E-state index contributed by atoms with van der Waals surface area (Å²) in [6.07, 6.45) is 1.25. The van der Waals surface area contributed by atoms with Crippen molar-refractivity contribution in [2.75, 3.05) is 29.5 Å². The number of nitrogens with two attached hydrogens (primary N) is 1. The van der Waals surface area contributed by atoms with E-state index in [0.717, 1.165) is 23.1 Å². The Kier molecular flexibility index (Phi) is 4.70. The van der Waals surface area contributed by atoms with E-state index < -0.39 is 0 Å². The van der Waals surface area contributed by atoms with Crippen LogP contribution in [0, 0.1) is 0 Å². The number of anilines is 1. The number of benzene rings is 1. The average molecular weight is 331 g/mol. The molecule has 0 unspecified atom stereocenters. The molecule has 1 heterocycles. The first-order chi connectivity index (χ1) is 8.18. The second-order valence-electron chi connectivity index (χ2n) is 3.98. The highest BCUT2D eigenvalue weighted by molar-refractivity contribution is 9.10. The van der Waals surface area contributed by atoms with Gasteiger partial charge in [-0.25, -0.2) is 0 Å². The van der Waals surface area contributed by atoms with E-state index in [9.17, 15) is 0 Å². The van der Waals surface area contributed by atoms with Crippen molar-refractivity contribution in [2.45, 2.75) is 6.42 Å². The Morgan fingerprint density at radius 2 is 2.18 bits per heavy atom. The number of hydrogen-bond acceptors (Lipinski definition) is 3. The van der Waals surface area contributed by atoms with Crippen LogP contribution in [0.25, 0.3) is 0 Å². The first-order valence-corrected chi connectivity index (χ1v) is 7.96.